The van der Waals surface area contributed by atoms with Crippen molar-refractivity contribution in [1.82, 2.24) is 4.31 Å². The van der Waals surface area contributed by atoms with Crippen LogP contribution in [0.1, 0.15) is 6.42 Å². The first-order valence-electron chi connectivity index (χ1n) is 3.27. The van der Waals surface area contributed by atoms with Gasteiger partial charge in [-0.25, -0.2) is 4.79 Å². The number of hydrogen-bond donors (Lipinski definition) is 1. The maximum absolute atomic E-state index is 10.9. The van der Waals surface area contributed by atoms with Crippen LogP contribution < -0.4 is 0 Å². The van der Waals surface area contributed by atoms with Gasteiger partial charge in [0.05, 0.1) is 25.1 Å². The van der Waals surface area contributed by atoms with Crippen molar-refractivity contribution in [3.05, 3.63) is 0 Å². The number of nitrogens with zero attached hydrogens (tertiary/aromatic N) is 2. The molecular formula is C5H6N2O5S. The van der Waals surface area contributed by atoms with E-state index in [0.29, 0.717) is 0 Å². The zero-order valence-electron chi connectivity index (χ0n) is 6.37. The molecule has 0 spiro atoms. The molecule has 7 nitrogen and oxygen atoms in total. The van der Waals surface area contributed by atoms with Gasteiger partial charge in [-0.3, -0.25) is 4.18 Å². The third-order valence-electron chi connectivity index (χ3n) is 1.50. The molecule has 1 fully saturated rings. The minimum atomic E-state index is -4.18. The van der Waals surface area contributed by atoms with Gasteiger partial charge in [0.15, 0.2) is 0 Å². The van der Waals surface area contributed by atoms with Gasteiger partial charge in [-0.05, 0) is 0 Å². The second-order valence-electron chi connectivity index (χ2n) is 2.34. The molecule has 8 heteroatoms. The van der Waals surface area contributed by atoms with E-state index >= 15 is 0 Å². The second-order valence-corrected chi connectivity index (χ2v) is 3.82. The first-order valence-corrected chi connectivity index (χ1v) is 4.64. The normalized spacial score (nSPS) is 25.5. The molecule has 72 valence electrons. The van der Waals surface area contributed by atoms with Crippen molar-refractivity contribution in [3.8, 4) is 6.07 Å². The lowest BCUT2D eigenvalue weighted by molar-refractivity contribution is 0.165. The summed E-state index contributed by atoms with van der Waals surface area (Å²) >= 11 is 0. The Labute approximate surface area is 74.4 Å². The van der Waals surface area contributed by atoms with Crippen molar-refractivity contribution >= 4 is 16.4 Å². The molecule has 0 aromatic heterocycles. The zero-order valence-corrected chi connectivity index (χ0v) is 7.19. The Bertz CT molecular complexity index is 356. The number of carbonyl (C=O) groups is 1. The maximum atomic E-state index is 10.9. The average molecular weight is 206 g/mol. The molecule has 1 atom stereocenters. The SMILES string of the molecule is N#CCC1COS(=O)(=O)N1C(=O)O. The van der Waals surface area contributed by atoms with Crippen molar-refractivity contribution < 1.29 is 22.5 Å². The predicted molar refractivity (Wildman–Crippen MR) is 38.8 cm³/mol. The van der Waals surface area contributed by atoms with Crippen LogP contribution in [-0.2, 0) is 14.5 Å². The fraction of sp³-hybridized carbons (Fsp3) is 0.600. The summed E-state index contributed by atoms with van der Waals surface area (Å²) in [5, 5.41) is 16.8. The third-order valence-corrected chi connectivity index (χ3v) is 2.87. The van der Waals surface area contributed by atoms with Gasteiger partial charge >= 0.3 is 16.4 Å². The first kappa shape index (κ1) is 9.76. The van der Waals surface area contributed by atoms with Gasteiger partial charge in [-0.15, -0.1) is 0 Å². The number of nitriles is 1. The second kappa shape index (κ2) is 3.20. The van der Waals surface area contributed by atoms with Crippen LogP contribution in [0.3, 0.4) is 0 Å². The highest BCUT2D eigenvalue weighted by molar-refractivity contribution is 7.85. The number of rotatable bonds is 1. The molecule has 1 N–H and O–H groups in total. The summed E-state index contributed by atoms with van der Waals surface area (Å²) in [6.45, 7) is -0.289. The molecular weight excluding hydrogens is 200 g/mol. The standard InChI is InChI=1S/C5H6N2O5S/c6-2-1-4-3-12-13(10,11)7(4)5(8)9/h4H,1,3H2,(H,8,9). The molecule has 0 saturated carbocycles. The van der Waals surface area contributed by atoms with E-state index in [0.717, 1.165) is 0 Å². The van der Waals surface area contributed by atoms with Crippen LogP contribution in [0.15, 0.2) is 0 Å². The Morgan fingerprint density at radius 3 is 2.85 bits per heavy atom. The highest BCUT2D eigenvalue weighted by Gasteiger charge is 2.42. The molecule has 1 unspecified atom stereocenters. The van der Waals surface area contributed by atoms with E-state index in [1.54, 1.807) is 6.07 Å². The smallest absolute Gasteiger partial charge is 0.423 e. The minimum Gasteiger partial charge on any atom is -0.464 e. The average Bonchev–Trinajstić information content (AvgIpc) is 2.26. The molecule has 0 radical (unpaired) electrons. The van der Waals surface area contributed by atoms with Crippen molar-refractivity contribution in [3.63, 3.8) is 0 Å². The van der Waals surface area contributed by atoms with E-state index in [2.05, 4.69) is 4.18 Å². The molecule has 1 rings (SSSR count). The molecule has 1 aliphatic heterocycles. The molecule has 0 aliphatic carbocycles. The maximum Gasteiger partial charge on any atom is 0.423 e. The monoisotopic (exact) mass is 206 g/mol. The molecule has 0 bridgehead atoms. The highest BCUT2D eigenvalue weighted by atomic mass is 32.2. The van der Waals surface area contributed by atoms with Gasteiger partial charge < -0.3 is 5.11 Å². The molecule has 0 aromatic carbocycles. The number of hydrogen-bond acceptors (Lipinski definition) is 5. The van der Waals surface area contributed by atoms with Crippen molar-refractivity contribution in [2.45, 2.75) is 12.5 Å². The van der Waals surface area contributed by atoms with Crippen LogP contribution in [0.25, 0.3) is 0 Å². The minimum absolute atomic E-state index is 0.163. The number of carboxylic acid groups (broad SMARTS) is 1. The van der Waals surface area contributed by atoms with Crippen LogP contribution >= 0.6 is 0 Å². The van der Waals surface area contributed by atoms with E-state index in [1.165, 1.54) is 0 Å². The van der Waals surface area contributed by atoms with E-state index in [4.69, 9.17) is 10.4 Å². The fourth-order valence-corrected chi connectivity index (χ4v) is 2.11. The zero-order chi connectivity index (χ0) is 10.1. The summed E-state index contributed by atoms with van der Waals surface area (Å²) in [5.41, 5.74) is 0. The summed E-state index contributed by atoms with van der Waals surface area (Å²) < 4.78 is 26.2. The van der Waals surface area contributed by atoms with Gasteiger partial charge in [-0.2, -0.15) is 18.0 Å². The lowest BCUT2D eigenvalue weighted by atomic mass is 10.2. The van der Waals surface area contributed by atoms with E-state index < -0.39 is 22.4 Å². The molecule has 13 heavy (non-hydrogen) atoms. The lowest BCUT2D eigenvalue weighted by Crippen LogP contribution is -2.38. The van der Waals surface area contributed by atoms with E-state index in [-0.39, 0.29) is 17.3 Å². The molecule has 1 aliphatic rings. The Hall–Kier alpha value is -1.33. The van der Waals surface area contributed by atoms with Gasteiger partial charge in [0.1, 0.15) is 0 Å². The summed E-state index contributed by atoms with van der Waals surface area (Å²) in [4.78, 5) is 10.5. The van der Waals surface area contributed by atoms with Crippen molar-refractivity contribution in [2.24, 2.45) is 0 Å². The van der Waals surface area contributed by atoms with Crippen LogP contribution in [0.2, 0.25) is 0 Å². The Morgan fingerprint density at radius 2 is 2.38 bits per heavy atom. The van der Waals surface area contributed by atoms with Gasteiger partial charge in [0.25, 0.3) is 0 Å². The predicted octanol–water partition coefficient (Wildman–Crippen LogP) is -0.476. The number of amides is 1. The van der Waals surface area contributed by atoms with Crippen molar-refractivity contribution in [1.29, 1.82) is 5.26 Å². The Kier molecular flexibility index (Phi) is 2.40. The topological polar surface area (TPSA) is 108 Å². The largest absolute Gasteiger partial charge is 0.464 e. The van der Waals surface area contributed by atoms with Crippen molar-refractivity contribution in [2.75, 3.05) is 6.61 Å². The van der Waals surface area contributed by atoms with Crippen LogP contribution in [0.4, 0.5) is 4.79 Å². The molecule has 1 saturated heterocycles. The molecule has 1 heterocycles. The summed E-state index contributed by atoms with van der Waals surface area (Å²) in [5.74, 6) is 0. The summed E-state index contributed by atoms with van der Waals surface area (Å²) in [7, 11) is -4.18. The van der Waals surface area contributed by atoms with Crippen LogP contribution in [-0.4, -0.2) is 36.6 Å². The van der Waals surface area contributed by atoms with Crippen LogP contribution in [0, 0.1) is 11.3 Å². The Balaban J connectivity index is 2.94. The van der Waals surface area contributed by atoms with E-state index in [1.807, 2.05) is 0 Å². The first-order chi connectivity index (χ1) is 5.99. The quantitative estimate of drug-likeness (QED) is 0.621. The van der Waals surface area contributed by atoms with Gasteiger partial charge in [0.2, 0.25) is 0 Å². The van der Waals surface area contributed by atoms with E-state index in [9.17, 15) is 13.2 Å². The molecule has 1 amide bonds. The Morgan fingerprint density at radius 1 is 1.77 bits per heavy atom. The summed E-state index contributed by atoms with van der Waals surface area (Å²) in [6, 6.07) is 0.759. The van der Waals surface area contributed by atoms with Gasteiger partial charge in [0, 0.05) is 0 Å². The van der Waals surface area contributed by atoms with Gasteiger partial charge in [-0.1, -0.05) is 0 Å². The highest BCUT2D eigenvalue weighted by Crippen LogP contribution is 2.20. The van der Waals surface area contributed by atoms with Crippen LogP contribution in [0.5, 0.6) is 0 Å². The molecule has 0 aromatic rings. The third kappa shape index (κ3) is 1.71. The lowest BCUT2D eigenvalue weighted by Gasteiger charge is -2.13. The fourth-order valence-electron chi connectivity index (χ4n) is 0.971. The summed E-state index contributed by atoms with van der Waals surface area (Å²) in [6.07, 6.45) is -1.83.